The lowest BCUT2D eigenvalue weighted by molar-refractivity contribution is 0.272. The summed E-state index contributed by atoms with van der Waals surface area (Å²) in [5, 5.41) is 0. The van der Waals surface area contributed by atoms with Gasteiger partial charge in [0.25, 0.3) is 0 Å². The molecule has 0 fully saturated rings. The van der Waals surface area contributed by atoms with E-state index in [2.05, 4.69) is 30.0 Å². The fraction of sp³-hybridized carbons (Fsp3) is 0.625. The van der Waals surface area contributed by atoms with Gasteiger partial charge in [0.05, 0.1) is 7.11 Å². The molecule has 0 bridgehead atoms. The molecule has 0 heterocycles. The third kappa shape index (κ3) is 6.60. The van der Waals surface area contributed by atoms with Crippen LogP contribution in [0.1, 0.15) is 38.2 Å². The van der Waals surface area contributed by atoms with E-state index in [9.17, 15) is 0 Å². The first-order chi connectivity index (χ1) is 9.30. The van der Waals surface area contributed by atoms with Crippen LogP contribution in [0.5, 0.6) is 5.75 Å². The van der Waals surface area contributed by atoms with Gasteiger partial charge in [0.1, 0.15) is 5.75 Å². The standard InChI is InChI=1S/C16H28N2O/c1-3-18(12-7-5-4-6-11-17)14-15-9-8-10-16(13-15)19-2/h8-10,13H,3-7,11-12,14,17H2,1-2H3. The zero-order chi connectivity index (χ0) is 13.9. The van der Waals surface area contributed by atoms with Crippen molar-refractivity contribution in [1.29, 1.82) is 0 Å². The van der Waals surface area contributed by atoms with Crippen LogP contribution >= 0.6 is 0 Å². The highest BCUT2D eigenvalue weighted by atomic mass is 16.5. The molecule has 0 aromatic heterocycles. The third-order valence-electron chi connectivity index (χ3n) is 3.42. The summed E-state index contributed by atoms with van der Waals surface area (Å²) < 4.78 is 5.27. The predicted octanol–water partition coefficient (Wildman–Crippen LogP) is 3.04. The van der Waals surface area contributed by atoms with Crippen molar-refractivity contribution in [3.05, 3.63) is 29.8 Å². The van der Waals surface area contributed by atoms with Gasteiger partial charge in [-0.1, -0.05) is 31.9 Å². The first kappa shape index (κ1) is 16.0. The molecule has 0 unspecified atom stereocenters. The highest BCUT2D eigenvalue weighted by Crippen LogP contribution is 2.14. The summed E-state index contributed by atoms with van der Waals surface area (Å²) in [6.45, 7) is 6.30. The Morgan fingerprint density at radius 1 is 1.16 bits per heavy atom. The minimum atomic E-state index is 0.821. The van der Waals surface area contributed by atoms with Crippen molar-refractivity contribution in [3.63, 3.8) is 0 Å². The normalized spacial score (nSPS) is 10.9. The van der Waals surface area contributed by atoms with Crippen LogP contribution in [0, 0.1) is 0 Å². The van der Waals surface area contributed by atoms with Gasteiger partial charge in [-0.3, -0.25) is 4.90 Å². The van der Waals surface area contributed by atoms with Gasteiger partial charge in [-0.15, -0.1) is 0 Å². The molecule has 0 aliphatic heterocycles. The zero-order valence-electron chi connectivity index (χ0n) is 12.4. The minimum Gasteiger partial charge on any atom is -0.497 e. The van der Waals surface area contributed by atoms with Crippen molar-refractivity contribution in [2.45, 2.75) is 39.2 Å². The van der Waals surface area contributed by atoms with Crippen molar-refractivity contribution in [3.8, 4) is 5.75 Å². The van der Waals surface area contributed by atoms with E-state index in [4.69, 9.17) is 10.5 Å². The molecule has 1 aromatic carbocycles. The van der Waals surface area contributed by atoms with Crippen LogP contribution in [0.25, 0.3) is 0 Å². The molecule has 108 valence electrons. The van der Waals surface area contributed by atoms with Gasteiger partial charge < -0.3 is 10.5 Å². The van der Waals surface area contributed by atoms with Crippen LogP contribution in [0.3, 0.4) is 0 Å². The number of nitrogens with zero attached hydrogens (tertiary/aromatic N) is 1. The van der Waals surface area contributed by atoms with Crippen LogP contribution in [-0.2, 0) is 6.54 Å². The van der Waals surface area contributed by atoms with Crippen molar-refractivity contribution in [1.82, 2.24) is 4.90 Å². The van der Waals surface area contributed by atoms with Gasteiger partial charge in [0, 0.05) is 6.54 Å². The van der Waals surface area contributed by atoms with E-state index in [0.29, 0.717) is 0 Å². The van der Waals surface area contributed by atoms with Crippen molar-refractivity contribution < 1.29 is 4.74 Å². The molecule has 0 saturated carbocycles. The van der Waals surface area contributed by atoms with Crippen LogP contribution in [-0.4, -0.2) is 31.6 Å². The Labute approximate surface area is 117 Å². The Morgan fingerprint density at radius 2 is 1.95 bits per heavy atom. The molecule has 3 heteroatoms. The summed E-state index contributed by atoms with van der Waals surface area (Å²) in [6, 6.07) is 8.34. The number of hydrogen-bond donors (Lipinski definition) is 1. The number of rotatable bonds is 10. The fourth-order valence-electron chi connectivity index (χ4n) is 2.21. The monoisotopic (exact) mass is 264 g/mol. The van der Waals surface area contributed by atoms with Gasteiger partial charge in [0.2, 0.25) is 0 Å². The van der Waals surface area contributed by atoms with Crippen LogP contribution in [0.2, 0.25) is 0 Å². The molecule has 0 atom stereocenters. The summed E-state index contributed by atoms with van der Waals surface area (Å²) in [6.07, 6.45) is 4.96. The van der Waals surface area contributed by atoms with Crippen LogP contribution < -0.4 is 10.5 Å². The Balaban J connectivity index is 2.34. The van der Waals surface area contributed by atoms with Gasteiger partial charge in [-0.25, -0.2) is 0 Å². The van der Waals surface area contributed by atoms with Crippen LogP contribution in [0.4, 0.5) is 0 Å². The zero-order valence-corrected chi connectivity index (χ0v) is 12.4. The second kappa shape index (κ2) is 9.82. The molecule has 0 aliphatic rings. The van der Waals surface area contributed by atoms with E-state index in [0.717, 1.165) is 38.3 Å². The second-order valence-corrected chi connectivity index (χ2v) is 4.92. The Morgan fingerprint density at radius 3 is 2.63 bits per heavy atom. The van der Waals surface area contributed by atoms with Crippen molar-refractivity contribution >= 4 is 0 Å². The first-order valence-corrected chi connectivity index (χ1v) is 7.35. The molecule has 0 amide bonds. The summed E-state index contributed by atoms with van der Waals surface area (Å²) in [5.41, 5.74) is 6.83. The maximum absolute atomic E-state index is 5.50. The fourth-order valence-corrected chi connectivity index (χ4v) is 2.21. The van der Waals surface area contributed by atoms with Crippen molar-refractivity contribution in [2.24, 2.45) is 5.73 Å². The molecule has 3 nitrogen and oxygen atoms in total. The first-order valence-electron chi connectivity index (χ1n) is 7.35. The molecule has 0 saturated heterocycles. The number of unbranched alkanes of at least 4 members (excludes halogenated alkanes) is 3. The van der Waals surface area contributed by atoms with Gasteiger partial charge in [-0.2, -0.15) is 0 Å². The average Bonchev–Trinajstić information content (AvgIpc) is 2.46. The van der Waals surface area contributed by atoms with E-state index < -0.39 is 0 Å². The predicted molar refractivity (Wildman–Crippen MR) is 81.5 cm³/mol. The molecule has 2 N–H and O–H groups in total. The van der Waals surface area contributed by atoms with Crippen LogP contribution in [0.15, 0.2) is 24.3 Å². The summed E-state index contributed by atoms with van der Waals surface area (Å²) >= 11 is 0. The molecule has 1 rings (SSSR count). The second-order valence-electron chi connectivity index (χ2n) is 4.92. The smallest absolute Gasteiger partial charge is 0.119 e. The van der Waals surface area contributed by atoms with E-state index in [1.165, 1.54) is 24.8 Å². The van der Waals surface area contributed by atoms with E-state index >= 15 is 0 Å². The average molecular weight is 264 g/mol. The van der Waals surface area contributed by atoms with Gasteiger partial charge in [-0.05, 0) is 50.2 Å². The van der Waals surface area contributed by atoms with Gasteiger partial charge in [0.15, 0.2) is 0 Å². The Bertz CT molecular complexity index is 341. The highest BCUT2D eigenvalue weighted by molar-refractivity contribution is 5.28. The lowest BCUT2D eigenvalue weighted by atomic mass is 10.1. The lowest BCUT2D eigenvalue weighted by Gasteiger charge is -2.20. The summed E-state index contributed by atoms with van der Waals surface area (Å²) in [7, 11) is 1.72. The number of methoxy groups -OCH3 is 1. The number of benzene rings is 1. The number of nitrogens with two attached hydrogens (primary N) is 1. The number of hydrogen-bond acceptors (Lipinski definition) is 3. The Hall–Kier alpha value is -1.06. The minimum absolute atomic E-state index is 0.821. The van der Waals surface area contributed by atoms with Gasteiger partial charge >= 0.3 is 0 Å². The lowest BCUT2D eigenvalue weighted by Crippen LogP contribution is -2.24. The molecule has 0 aliphatic carbocycles. The summed E-state index contributed by atoms with van der Waals surface area (Å²) in [4.78, 5) is 2.48. The molecule has 0 radical (unpaired) electrons. The van der Waals surface area contributed by atoms with Crippen molar-refractivity contribution in [2.75, 3.05) is 26.7 Å². The molecular formula is C16H28N2O. The topological polar surface area (TPSA) is 38.5 Å². The van der Waals surface area contributed by atoms with E-state index in [-0.39, 0.29) is 0 Å². The maximum atomic E-state index is 5.50. The molecule has 0 spiro atoms. The summed E-state index contributed by atoms with van der Waals surface area (Å²) in [5.74, 6) is 0.941. The third-order valence-corrected chi connectivity index (χ3v) is 3.42. The van der Waals surface area contributed by atoms with E-state index in [1.807, 2.05) is 6.07 Å². The highest BCUT2D eigenvalue weighted by Gasteiger charge is 2.04. The van der Waals surface area contributed by atoms with E-state index in [1.54, 1.807) is 7.11 Å². The molecule has 1 aromatic rings. The molecule has 19 heavy (non-hydrogen) atoms. The molecular weight excluding hydrogens is 236 g/mol. The SMILES string of the molecule is CCN(CCCCCCN)Cc1cccc(OC)c1. The largest absolute Gasteiger partial charge is 0.497 e. The quantitative estimate of drug-likeness (QED) is 0.660. The maximum Gasteiger partial charge on any atom is 0.119 e. The Kier molecular flexibility index (Phi) is 8.26. The number of ether oxygens (including phenoxy) is 1.